The van der Waals surface area contributed by atoms with Gasteiger partial charge in [0.05, 0.1) is 12.5 Å². The van der Waals surface area contributed by atoms with Crippen LogP contribution in [0.1, 0.15) is 46.3 Å². The maximum Gasteiger partial charge on any atom is 0.235 e. The van der Waals surface area contributed by atoms with Crippen molar-refractivity contribution in [3.8, 4) is 17.2 Å². The molecular formula is C24H28N2O4. The molecule has 158 valence electrons. The Labute approximate surface area is 177 Å². The van der Waals surface area contributed by atoms with Crippen molar-refractivity contribution >= 4 is 22.5 Å². The van der Waals surface area contributed by atoms with Gasteiger partial charge in [0.15, 0.2) is 11.5 Å². The van der Waals surface area contributed by atoms with E-state index in [0.717, 1.165) is 35.0 Å². The van der Waals surface area contributed by atoms with Crippen molar-refractivity contribution in [1.82, 2.24) is 4.98 Å². The van der Waals surface area contributed by atoms with Crippen molar-refractivity contribution in [2.75, 3.05) is 19.2 Å². The predicted molar refractivity (Wildman–Crippen MR) is 118 cm³/mol. The van der Waals surface area contributed by atoms with E-state index >= 15 is 0 Å². The molecule has 1 aromatic heterocycles. The van der Waals surface area contributed by atoms with Gasteiger partial charge in [0, 0.05) is 29.1 Å². The predicted octanol–water partition coefficient (Wildman–Crippen LogP) is 5.12. The number of aromatic nitrogens is 1. The highest BCUT2D eigenvalue weighted by molar-refractivity contribution is 6.02. The third kappa shape index (κ3) is 2.98. The molecule has 3 aromatic rings. The zero-order valence-electron chi connectivity index (χ0n) is 17.7. The number of anilines is 1. The van der Waals surface area contributed by atoms with E-state index in [9.17, 15) is 4.79 Å². The van der Waals surface area contributed by atoms with Crippen molar-refractivity contribution in [3.63, 3.8) is 0 Å². The van der Waals surface area contributed by atoms with Gasteiger partial charge >= 0.3 is 0 Å². The molecule has 0 atom stereocenters. The van der Waals surface area contributed by atoms with E-state index in [1.165, 1.54) is 5.69 Å². The van der Waals surface area contributed by atoms with E-state index in [1.807, 2.05) is 30.3 Å². The minimum absolute atomic E-state index is 0. The minimum Gasteiger partial charge on any atom is -0.493 e. The van der Waals surface area contributed by atoms with Gasteiger partial charge in [-0.05, 0) is 54.8 Å². The molecule has 1 saturated carbocycles. The van der Waals surface area contributed by atoms with Crippen molar-refractivity contribution in [1.29, 1.82) is 0 Å². The molecule has 0 spiro atoms. The van der Waals surface area contributed by atoms with Crippen molar-refractivity contribution in [2.45, 2.75) is 44.4 Å². The smallest absolute Gasteiger partial charge is 0.235 e. The molecule has 2 aromatic carbocycles. The lowest BCUT2D eigenvalue weighted by Gasteiger charge is -2.17. The van der Waals surface area contributed by atoms with Gasteiger partial charge in [-0.25, -0.2) is 0 Å². The van der Waals surface area contributed by atoms with E-state index in [4.69, 9.17) is 14.2 Å². The number of methoxy groups -OCH3 is 1. The molecule has 1 fully saturated rings. The molecular weight excluding hydrogens is 380 g/mol. The fraction of sp³-hybridized carbons (Fsp3) is 0.375. The van der Waals surface area contributed by atoms with Crippen LogP contribution in [-0.2, 0) is 15.6 Å². The third-order valence-electron chi connectivity index (χ3n) is 6.08. The first-order valence-electron chi connectivity index (χ1n) is 10.2. The Morgan fingerprint density at radius 2 is 1.97 bits per heavy atom. The maximum atomic E-state index is 13.3. The van der Waals surface area contributed by atoms with Crippen molar-refractivity contribution < 1.29 is 20.4 Å². The molecule has 2 aliphatic rings. The quantitative estimate of drug-likeness (QED) is 0.629. The molecule has 6 nitrogen and oxygen atoms in total. The number of amides is 1. The van der Waals surface area contributed by atoms with E-state index in [2.05, 4.69) is 37.1 Å². The Morgan fingerprint density at radius 1 is 1.17 bits per heavy atom. The van der Waals surface area contributed by atoms with Gasteiger partial charge in [-0.2, -0.15) is 0 Å². The fourth-order valence-corrected chi connectivity index (χ4v) is 4.04. The van der Waals surface area contributed by atoms with Crippen LogP contribution in [0.15, 0.2) is 36.4 Å². The number of H-pyrrole nitrogens is 1. The number of nitrogens with one attached hydrogen (secondary N) is 2. The first kappa shape index (κ1) is 18.9. The monoisotopic (exact) mass is 408 g/mol. The average Bonchev–Trinajstić information content (AvgIpc) is 3.18. The Balaban J connectivity index is 0.00000231. The average molecular weight is 408 g/mol. The summed E-state index contributed by atoms with van der Waals surface area (Å²) < 4.78 is 16.5. The van der Waals surface area contributed by atoms with Gasteiger partial charge in [-0.3, -0.25) is 4.79 Å². The second kappa shape index (κ2) is 6.42. The Kier molecular flexibility index (Phi) is 4.04. The Bertz CT molecular complexity index is 1160. The number of ether oxygens (including phenoxy) is 3. The van der Waals surface area contributed by atoms with Crippen molar-refractivity contribution in [3.05, 3.63) is 47.7 Å². The highest BCUT2D eigenvalue weighted by Gasteiger charge is 2.52. The summed E-state index contributed by atoms with van der Waals surface area (Å²) in [7, 11) is 1.60. The molecule has 5 rings (SSSR count). The molecule has 2 N–H and O–H groups in total. The van der Waals surface area contributed by atoms with Crippen LogP contribution >= 0.6 is 0 Å². The molecule has 30 heavy (non-hydrogen) atoms. The molecule has 0 radical (unpaired) electrons. The van der Waals surface area contributed by atoms with Crippen LogP contribution in [0.5, 0.6) is 17.2 Å². The zero-order chi connectivity index (χ0) is 21.1. The van der Waals surface area contributed by atoms with E-state index in [0.29, 0.717) is 17.2 Å². The zero-order valence-corrected chi connectivity index (χ0v) is 17.7. The number of carbonyl (C=O) groups is 1. The summed E-state index contributed by atoms with van der Waals surface area (Å²) >= 11 is 0. The number of hydrogen-bond acceptors (Lipinski definition) is 4. The number of aromatic amines is 1. The topological polar surface area (TPSA) is 72.6 Å². The van der Waals surface area contributed by atoms with Crippen LogP contribution in [0.4, 0.5) is 5.69 Å². The summed E-state index contributed by atoms with van der Waals surface area (Å²) in [5, 5.41) is 4.21. The van der Waals surface area contributed by atoms with Crippen LogP contribution in [0.3, 0.4) is 0 Å². The van der Waals surface area contributed by atoms with Gasteiger partial charge in [0.2, 0.25) is 18.4 Å². The van der Waals surface area contributed by atoms with Crippen molar-refractivity contribution in [2.24, 2.45) is 0 Å². The number of benzene rings is 2. The van der Waals surface area contributed by atoms with Crippen LogP contribution in [0, 0.1) is 0 Å². The van der Waals surface area contributed by atoms with Gasteiger partial charge in [-0.15, -0.1) is 0 Å². The molecule has 1 aliphatic carbocycles. The summed E-state index contributed by atoms with van der Waals surface area (Å²) in [6, 6.07) is 11.9. The number of rotatable bonds is 4. The van der Waals surface area contributed by atoms with E-state index < -0.39 is 5.41 Å². The third-order valence-corrected chi connectivity index (χ3v) is 6.08. The van der Waals surface area contributed by atoms with Gasteiger partial charge in [0.25, 0.3) is 0 Å². The first-order chi connectivity index (χ1) is 14.3. The normalized spacial score (nSPS) is 16.5. The number of carbonyl (C=O) groups excluding carboxylic acids is 1. The second-order valence-corrected chi connectivity index (χ2v) is 9.18. The lowest BCUT2D eigenvalue weighted by Crippen LogP contribution is -2.27. The Hall–Kier alpha value is -3.15. The van der Waals surface area contributed by atoms with Crippen LogP contribution in [0.25, 0.3) is 10.9 Å². The summed E-state index contributed by atoms with van der Waals surface area (Å²) in [5.74, 6) is 1.83. The summed E-state index contributed by atoms with van der Waals surface area (Å²) in [5.41, 5.74) is 3.42. The van der Waals surface area contributed by atoms with Crippen LogP contribution in [0.2, 0.25) is 0 Å². The largest absolute Gasteiger partial charge is 0.493 e. The highest BCUT2D eigenvalue weighted by atomic mass is 16.7. The lowest BCUT2D eigenvalue weighted by molar-refractivity contribution is -0.118. The van der Waals surface area contributed by atoms with Crippen LogP contribution in [-0.4, -0.2) is 24.8 Å². The van der Waals surface area contributed by atoms with Crippen LogP contribution < -0.4 is 19.5 Å². The molecule has 0 saturated heterocycles. The molecule has 2 heterocycles. The summed E-state index contributed by atoms with van der Waals surface area (Å²) in [4.78, 5) is 16.7. The molecule has 1 aliphatic heterocycles. The standard InChI is InChI=1S/C24H26N2O4.H2/c1-23(2,3)20-10-14-9-16(5-6-17(14)26-20)25-22(27)24(7-8-24)15-11-18(28-4)21-19(12-15)29-13-30-21;/h5-6,9-12,26H,7-8,13H2,1-4H3,(H,25,27);1H. The molecule has 0 unspecified atom stereocenters. The first-order valence-corrected chi connectivity index (χ1v) is 10.2. The molecule has 1 amide bonds. The highest BCUT2D eigenvalue weighted by Crippen LogP contribution is 2.53. The fourth-order valence-electron chi connectivity index (χ4n) is 4.04. The number of hydrogen-bond donors (Lipinski definition) is 2. The Morgan fingerprint density at radius 3 is 2.67 bits per heavy atom. The molecule has 0 bridgehead atoms. The van der Waals surface area contributed by atoms with E-state index in [-0.39, 0.29) is 19.5 Å². The SMILES string of the molecule is COc1cc(C2(C(=O)Nc3ccc4[nH]c(C(C)(C)C)cc4c3)CC2)cc2c1OCO2.[HH]. The lowest BCUT2D eigenvalue weighted by atomic mass is 9.92. The maximum absolute atomic E-state index is 13.3. The van der Waals surface area contributed by atoms with Gasteiger partial charge in [-0.1, -0.05) is 20.8 Å². The van der Waals surface area contributed by atoms with Gasteiger partial charge in [0.1, 0.15) is 0 Å². The number of fused-ring (bicyclic) bond motifs is 2. The second-order valence-electron chi connectivity index (χ2n) is 9.18. The van der Waals surface area contributed by atoms with Gasteiger partial charge < -0.3 is 24.5 Å². The summed E-state index contributed by atoms with van der Waals surface area (Å²) in [6.07, 6.45) is 1.59. The van der Waals surface area contributed by atoms with E-state index in [1.54, 1.807) is 7.11 Å². The molecule has 6 heteroatoms. The minimum atomic E-state index is -0.558. The summed E-state index contributed by atoms with van der Waals surface area (Å²) in [6.45, 7) is 6.70.